The van der Waals surface area contributed by atoms with Crippen molar-refractivity contribution in [3.63, 3.8) is 0 Å². The molecule has 21 heavy (non-hydrogen) atoms. The molecule has 0 saturated carbocycles. The second-order valence-electron chi connectivity index (χ2n) is 4.45. The maximum Gasteiger partial charge on any atom is 0.185 e. The Hall–Kier alpha value is -2.76. The van der Waals surface area contributed by atoms with Crippen molar-refractivity contribution >= 4 is 23.1 Å². The molecule has 106 valence electrons. The third-order valence-corrected chi connectivity index (χ3v) is 3.01. The van der Waals surface area contributed by atoms with Crippen LogP contribution >= 0.6 is 0 Å². The number of aldehydes is 1. The summed E-state index contributed by atoms with van der Waals surface area (Å²) in [7, 11) is 0. The minimum atomic E-state index is -0.901. The van der Waals surface area contributed by atoms with Crippen LogP contribution in [-0.4, -0.2) is 11.3 Å². The van der Waals surface area contributed by atoms with Gasteiger partial charge < -0.3 is 9.73 Å². The molecule has 0 aliphatic rings. The van der Waals surface area contributed by atoms with Gasteiger partial charge in [0.1, 0.15) is 0 Å². The van der Waals surface area contributed by atoms with E-state index in [0.717, 1.165) is 17.5 Å². The molecule has 1 N–H and O–H groups in total. The Morgan fingerprint density at radius 1 is 1.19 bits per heavy atom. The lowest BCUT2D eigenvalue weighted by Gasteiger charge is -2.06. The minimum absolute atomic E-state index is 0.203. The first kappa shape index (κ1) is 13.2. The van der Waals surface area contributed by atoms with Crippen molar-refractivity contribution in [1.29, 1.82) is 0 Å². The zero-order valence-electron chi connectivity index (χ0n) is 10.8. The average molecular weight is 288 g/mol. The highest BCUT2D eigenvalue weighted by molar-refractivity contribution is 5.91. The van der Waals surface area contributed by atoms with E-state index in [-0.39, 0.29) is 12.3 Å². The number of anilines is 1. The van der Waals surface area contributed by atoms with Gasteiger partial charge in [0.25, 0.3) is 0 Å². The lowest BCUT2D eigenvalue weighted by atomic mass is 10.2. The molecule has 6 heteroatoms. The summed E-state index contributed by atoms with van der Waals surface area (Å²) in [5, 5.41) is 3.71. The van der Waals surface area contributed by atoms with Crippen LogP contribution in [-0.2, 0) is 6.54 Å². The molecule has 4 nitrogen and oxygen atoms in total. The van der Waals surface area contributed by atoms with E-state index in [1.165, 1.54) is 6.07 Å². The van der Waals surface area contributed by atoms with E-state index in [0.29, 0.717) is 23.3 Å². The van der Waals surface area contributed by atoms with Crippen LogP contribution < -0.4 is 5.32 Å². The number of nitrogens with zero attached hydrogens (tertiary/aromatic N) is 1. The summed E-state index contributed by atoms with van der Waals surface area (Å²) >= 11 is 0. The summed E-state index contributed by atoms with van der Waals surface area (Å²) in [5.41, 5.74) is 1.01. The summed E-state index contributed by atoms with van der Waals surface area (Å²) < 4.78 is 31.3. The van der Waals surface area contributed by atoms with Gasteiger partial charge in [-0.1, -0.05) is 6.07 Å². The molecule has 0 bridgehead atoms. The van der Waals surface area contributed by atoms with Crippen molar-refractivity contribution in [3.05, 3.63) is 59.5 Å². The van der Waals surface area contributed by atoms with Crippen molar-refractivity contribution in [3.8, 4) is 0 Å². The number of pyridine rings is 1. The fourth-order valence-electron chi connectivity index (χ4n) is 2.00. The predicted molar refractivity (Wildman–Crippen MR) is 73.1 cm³/mol. The van der Waals surface area contributed by atoms with Crippen LogP contribution in [0.2, 0.25) is 0 Å². The van der Waals surface area contributed by atoms with Gasteiger partial charge in [0, 0.05) is 18.1 Å². The van der Waals surface area contributed by atoms with E-state index in [9.17, 15) is 13.6 Å². The van der Waals surface area contributed by atoms with Crippen molar-refractivity contribution in [2.75, 3.05) is 5.32 Å². The number of carbonyl (C=O) groups excluding carboxylic acids is 1. The third kappa shape index (κ3) is 2.60. The second kappa shape index (κ2) is 5.32. The number of hydrogen-bond acceptors (Lipinski definition) is 4. The predicted octanol–water partition coefficient (Wildman–Crippen LogP) is 3.53. The topological polar surface area (TPSA) is 55.1 Å². The number of halogens is 2. The molecule has 0 unspecified atom stereocenters. The molecule has 3 aromatic rings. The molecule has 2 heterocycles. The monoisotopic (exact) mass is 288 g/mol. The lowest BCUT2D eigenvalue weighted by molar-refractivity contribution is 0.110. The molecule has 0 spiro atoms. The summed E-state index contributed by atoms with van der Waals surface area (Å²) in [6, 6.07) is 6.98. The van der Waals surface area contributed by atoms with Crippen molar-refractivity contribution in [2.45, 2.75) is 6.54 Å². The number of hydrogen-bond donors (Lipinski definition) is 1. The molecule has 0 radical (unpaired) electrons. The van der Waals surface area contributed by atoms with Crippen LogP contribution in [0.15, 0.2) is 40.9 Å². The van der Waals surface area contributed by atoms with Gasteiger partial charge in [-0.05, 0) is 29.8 Å². The van der Waals surface area contributed by atoms with Gasteiger partial charge in [0.15, 0.2) is 35.1 Å². The maximum atomic E-state index is 13.1. The number of rotatable bonds is 4. The summed E-state index contributed by atoms with van der Waals surface area (Å²) in [6.45, 7) is 0.250. The van der Waals surface area contributed by atoms with E-state index in [2.05, 4.69) is 10.3 Å². The smallest absolute Gasteiger partial charge is 0.185 e. The van der Waals surface area contributed by atoms with Crippen LogP contribution in [0, 0.1) is 11.6 Å². The normalized spacial score (nSPS) is 10.8. The van der Waals surface area contributed by atoms with Gasteiger partial charge in [0.05, 0.1) is 0 Å². The zero-order chi connectivity index (χ0) is 14.8. The average Bonchev–Trinajstić information content (AvgIpc) is 2.92. The van der Waals surface area contributed by atoms with E-state index in [4.69, 9.17) is 4.42 Å². The number of carbonyl (C=O) groups is 1. The van der Waals surface area contributed by atoms with E-state index < -0.39 is 11.6 Å². The molecular weight excluding hydrogens is 278 g/mol. The molecule has 1 aromatic carbocycles. The molecule has 0 aliphatic heterocycles. The fraction of sp³-hybridized carbons (Fsp3) is 0.0667. The first-order valence-electron chi connectivity index (χ1n) is 6.19. The van der Waals surface area contributed by atoms with Gasteiger partial charge in [-0.2, -0.15) is 0 Å². The molecule has 0 atom stereocenters. The number of benzene rings is 1. The Bertz CT molecular complexity index is 815. The van der Waals surface area contributed by atoms with Gasteiger partial charge >= 0.3 is 0 Å². The number of fused-ring (bicyclic) bond motifs is 1. The standard InChI is InChI=1S/C15H10F2N2O2/c16-12-2-1-9(5-13(12)17)7-19-15-14-10(3-4-18-15)6-11(8-20)21-14/h1-6,8H,7H2,(H,18,19). The van der Waals surface area contributed by atoms with Crippen LogP contribution in [0.5, 0.6) is 0 Å². The Kier molecular flexibility index (Phi) is 3.35. The van der Waals surface area contributed by atoms with E-state index >= 15 is 0 Å². The molecule has 0 fully saturated rings. The van der Waals surface area contributed by atoms with Crippen LogP contribution in [0.1, 0.15) is 16.1 Å². The molecule has 3 rings (SSSR count). The summed E-state index contributed by atoms with van der Waals surface area (Å²) in [6.07, 6.45) is 2.18. The second-order valence-corrected chi connectivity index (χ2v) is 4.45. The van der Waals surface area contributed by atoms with Crippen molar-refractivity contribution in [2.24, 2.45) is 0 Å². The molecule has 0 amide bonds. The maximum absolute atomic E-state index is 13.1. The van der Waals surface area contributed by atoms with E-state index in [1.807, 2.05) is 0 Å². The number of aromatic nitrogens is 1. The third-order valence-electron chi connectivity index (χ3n) is 3.01. The molecule has 2 aromatic heterocycles. The highest BCUT2D eigenvalue weighted by Gasteiger charge is 2.09. The summed E-state index contributed by atoms with van der Waals surface area (Å²) in [5.74, 6) is -1.15. The highest BCUT2D eigenvalue weighted by Crippen LogP contribution is 2.24. The first-order valence-corrected chi connectivity index (χ1v) is 6.19. The van der Waals surface area contributed by atoms with Gasteiger partial charge in [-0.25, -0.2) is 13.8 Å². The van der Waals surface area contributed by atoms with Gasteiger partial charge in [-0.15, -0.1) is 0 Å². The van der Waals surface area contributed by atoms with Crippen LogP contribution in [0.3, 0.4) is 0 Å². The van der Waals surface area contributed by atoms with Gasteiger partial charge in [-0.3, -0.25) is 4.79 Å². The first-order chi connectivity index (χ1) is 10.2. The largest absolute Gasteiger partial charge is 0.449 e. The molecule has 0 saturated heterocycles. The minimum Gasteiger partial charge on any atom is -0.449 e. The lowest BCUT2D eigenvalue weighted by Crippen LogP contribution is -2.02. The number of nitrogens with one attached hydrogen (secondary N) is 1. The highest BCUT2D eigenvalue weighted by atomic mass is 19.2. The Balaban J connectivity index is 1.86. The van der Waals surface area contributed by atoms with Crippen LogP contribution in [0.25, 0.3) is 11.0 Å². The Morgan fingerprint density at radius 3 is 2.81 bits per heavy atom. The summed E-state index contributed by atoms with van der Waals surface area (Å²) in [4.78, 5) is 14.8. The number of furan rings is 1. The quantitative estimate of drug-likeness (QED) is 0.746. The Morgan fingerprint density at radius 2 is 2.05 bits per heavy atom. The SMILES string of the molecule is O=Cc1cc2ccnc(NCc3ccc(F)c(F)c3)c2o1. The fourth-order valence-corrected chi connectivity index (χ4v) is 2.00. The van der Waals surface area contributed by atoms with Gasteiger partial charge in [0.2, 0.25) is 0 Å². The van der Waals surface area contributed by atoms with E-state index in [1.54, 1.807) is 18.3 Å². The Labute approximate surface area is 118 Å². The van der Waals surface area contributed by atoms with Crippen molar-refractivity contribution < 1.29 is 18.0 Å². The van der Waals surface area contributed by atoms with Crippen LogP contribution in [0.4, 0.5) is 14.6 Å². The zero-order valence-corrected chi connectivity index (χ0v) is 10.8. The molecule has 0 aliphatic carbocycles. The molecular formula is C15H10F2N2O2. The van der Waals surface area contributed by atoms with Crippen molar-refractivity contribution in [1.82, 2.24) is 4.98 Å².